The Morgan fingerprint density at radius 2 is 0.892 bits per heavy atom. The summed E-state index contributed by atoms with van der Waals surface area (Å²) in [6.45, 7) is 5.50. The molecule has 378 valence electrons. The van der Waals surface area contributed by atoms with Crippen molar-refractivity contribution in [3.8, 4) is 0 Å². The van der Waals surface area contributed by atoms with Gasteiger partial charge in [-0.05, 0) is 83.5 Å². The van der Waals surface area contributed by atoms with Gasteiger partial charge >= 0.3 is 13.8 Å². The second kappa shape index (κ2) is 48.4. The fourth-order valence-corrected chi connectivity index (χ4v) is 7.90. The molecule has 8 nitrogen and oxygen atoms in total. The van der Waals surface area contributed by atoms with Gasteiger partial charge in [-0.15, -0.1) is 0 Å². The average Bonchev–Trinajstić information content (AvgIpc) is 3.27. The Balaban J connectivity index is 4.16. The van der Waals surface area contributed by atoms with Crippen LogP contribution >= 0.6 is 7.82 Å². The van der Waals surface area contributed by atoms with Gasteiger partial charge in [0.1, 0.15) is 19.3 Å². The van der Waals surface area contributed by atoms with E-state index >= 15 is 0 Å². The molecule has 9 heteroatoms. The second-order valence-corrected chi connectivity index (χ2v) is 20.3. The molecule has 0 rings (SSSR count). The Bertz CT molecular complexity index is 1270. The Labute approximate surface area is 402 Å². The van der Waals surface area contributed by atoms with Crippen molar-refractivity contribution in [2.24, 2.45) is 0 Å². The van der Waals surface area contributed by atoms with Crippen LogP contribution in [0.1, 0.15) is 219 Å². The van der Waals surface area contributed by atoms with Crippen molar-refractivity contribution in [3.63, 3.8) is 0 Å². The molecule has 0 radical (unpaired) electrons. The topological polar surface area (TPSA) is 91.3 Å². The molecular weight excluding hydrogens is 830 g/mol. The minimum atomic E-state index is -4.29. The highest BCUT2D eigenvalue weighted by Crippen LogP contribution is 2.43. The van der Waals surface area contributed by atoms with Crippen LogP contribution in [0, 0.1) is 0 Å². The predicted octanol–water partition coefficient (Wildman–Crippen LogP) is 16.6. The summed E-state index contributed by atoms with van der Waals surface area (Å²) in [6, 6.07) is 0. The first-order valence-electron chi connectivity index (χ1n) is 26.7. The van der Waals surface area contributed by atoms with E-state index in [0.717, 1.165) is 70.6 Å². The zero-order valence-electron chi connectivity index (χ0n) is 43.0. The van der Waals surface area contributed by atoms with Crippen LogP contribution in [0.2, 0.25) is 0 Å². The van der Waals surface area contributed by atoms with Crippen LogP contribution in [0.15, 0.2) is 72.9 Å². The maximum absolute atomic E-state index is 12.8. The molecule has 0 saturated heterocycles. The quantitative estimate of drug-likeness (QED) is 0.0214. The van der Waals surface area contributed by atoms with Gasteiger partial charge in [-0.2, -0.15) is 0 Å². The number of phosphoric ester groups is 1. The van der Waals surface area contributed by atoms with E-state index in [-0.39, 0.29) is 25.8 Å². The summed E-state index contributed by atoms with van der Waals surface area (Å²) < 4.78 is 35.2. The van der Waals surface area contributed by atoms with E-state index in [9.17, 15) is 14.3 Å². The minimum Gasteiger partial charge on any atom is -0.457 e. The summed E-state index contributed by atoms with van der Waals surface area (Å²) in [5.41, 5.74) is 0. The number of unbranched alkanes of at least 4 members (excludes halogenated alkanes) is 23. The Kier molecular flexibility index (Phi) is 46.9. The number of likely N-dealkylation sites (N-methyl/N-ethyl adjacent to an activating group) is 1. The molecule has 0 bridgehead atoms. The first-order chi connectivity index (χ1) is 31.6. The van der Waals surface area contributed by atoms with Crippen molar-refractivity contribution >= 4 is 13.8 Å². The molecule has 0 aliphatic heterocycles. The summed E-state index contributed by atoms with van der Waals surface area (Å²) in [6.07, 6.45) is 63.8. The van der Waals surface area contributed by atoms with Gasteiger partial charge in [0.05, 0.1) is 34.4 Å². The summed E-state index contributed by atoms with van der Waals surface area (Å²) in [4.78, 5) is 23.0. The maximum Gasteiger partial charge on any atom is 0.472 e. The molecule has 0 amide bonds. The lowest BCUT2D eigenvalue weighted by Crippen LogP contribution is -2.37. The summed E-state index contributed by atoms with van der Waals surface area (Å²) in [7, 11) is 1.65. The average molecular weight is 933 g/mol. The number of hydrogen-bond acceptors (Lipinski definition) is 6. The number of esters is 1. The van der Waals surface area contributed by atoms with Crippen LogP contribution in [-0.4, -0.2) is 75.6 Å². The number of carbonyl (C=O) groups excluding carboxylic acids is 1. The van der Waals surface area contributed by atoms with E-state index in [4.69, 9.17) is 18.5 Å². The summed E-state index contributed by atoms with van der Waals surface area (Å²) in [5.74, 6) is -0.325. The fraction of sp³-hybridized carbons (Fsp3) is 0.768. The monoisotopic (exact) mass is 933 g/mol. The third-order valence-corrected chi connectivity index (χ3v) is 12.2. The van der Waals surface area contributed by atoms with Gasteiger partial charge in [0, 0.05) is 13.0 Å². The fourth-order valence-electron chi connectivity index (χ4n) is 7.16. The molecule has 65 heavy (non-hydrogen) atoms. The lowest BCUT2D eigenvalue weighted by Gasteiger charge is -2.24. The van der Waals surface area contributed by atoms with Gasteiger partial charge in [0.2, 0.25) is 0 Å². The van der Waals surface area contributed by atoms with E-state index in [1.165, 1.54) is 128 Å². The van der Waals surface area contributed by atoms with Gasteiger partial charge < -0.3 is 18.9 Å². The first kappa shape index (κ1) is 62.9. The van der Waals surface area contributed by atoms with Crippen molar-refractivity contribution in [2.45, 2.75) is 225 Å². The molecule has 0 saturated carbocycles. The number of ether oxygens (including phenoxy) is 2. The van der Waals surface area contributed by atoms with Crippen molar-refractivity contribution < 1.29 is 37.3 Å². The smallest absolute Gasteiger partial charge is 0.457 e. The van der Waals surface area contributed by atoms with Crippen LogP contribution in [0.4, 0.5) is 0 Å². The maximum atomic E-state index is 12.8. The third-order valence-electron chi connectivity index (χ3n) is 11.3. The van der Waals surface area contributed by atoms with E-state index in [1.807, 2.05) is 21.1 Å². The van der Waals surface area contributed by atoms with Crippen LogP contribution in [0.25, 0.3) is 0 Å². The number of allylic oxidation sites excluding steroid dienone is 12. The second-order valence-electron chi connectivity index (χ2n) is 18.9. The van der Waals surface area contributed by atoms with Crippen LogP contribution in [0.3, 0.4) is 0 Å². The molecule has 2 atom stereocenters. The van der Waals surface area contributed by atoms with Gasteiger partial charge in [-0.3, -0.25) is 13.8 Å². The van der Waals surface area contributed by atoms with Crippen LogP contribution in [-0.2, 0) is 27.9 Å². The molecule has 0 aliphatic rings. The number of phosphoric acid groups is 1. The highest BCUT2D eigenvalue weighted by molar-refractivity contribution is 7.47. The molecule has 2 unspecified atom stereocenters. The predicted molar refractivity (Wildman–Crippen MR) is 279 cm³/mol. The molecule has 0 heterocycles. The molecule has 0 aliphatic carbocycles. The van der Waals surface area contributed by atoms with Crippen molar-refractivity contribution in [2.75, 3.05) is 54.1 Å². The normalized spacial score (nSPS) is 14.1. The summed E-state index contributed by atoms with van der Waals surface area (Å²) >= 11 is 0. The van der Waals surface area contributed by atoms with Gasteiger partial charge in [-0.1, -0.05) is 202 Å². The molecule has 0 aromatic rings. The van der Waals surface area contributed by atoms with Crippen LogP contribution < -0.4 is 0 Å². The molecule has 0 fully saturated rings. The zero-order chi connectivity index (χ0) is 47.6. The molecule has 1 N–H and O–H groups in total. The molecule has 0 spiro atoms. The lowest BCUT2D eigenvalue weighted by atomic mass is 10.1. The van der Waals surface area contributed by atoms with Gasteiger partial charge in [-0.25, -0.2) is 4.57 Å². The van der Waals surface area contributed by atoms with E-state index < -0.39 is 13.9 Å². The molecule has 0 aromatic heterocycles. The number of carbonyl (C=O) groups is 1. The van der Waals surface area contributed by atoms with Crippen molar-refractivity contribution in [1.82, 2.24) is 0 Å². The van der Waals surface area contributed by atoms with E-state index in [0.29, 0.717) is 24.1 Å². The van der Waals surface area contributed by atoms with Gasteiger partial charge in [0.25, 0.3) is 0 Å². The van der Waals surface area contributed by atoms with Crippen molar-refractivity contribution in [3.05, 3.63) is 72.9 Å². The van der Waals surface area contributed by atoms with E-state index in [1.54, 1.807) is 0 Å². The van der Waals surface area contributed by atoms with Crippen LogP contribution in [0.5, 0.6) is 0 Å². The lowest BCUT2D eigenvalue weighted by molar-refractivity contribution is -0.870. The summed E-state index contributed by atoms with van der Waals surface area (Å²) in [5, 5.41) is 0. The number of quaternary nitrogens is 1. The minimum absolute atomic E-state index is 0.0831. The number of rotatable bonds is 49. The largest absolute Gasteiger partial charge is 0.472 e. The highest BCUT2D eigenvalue weighted by Gasteiger charge is 2.26. The molecular formula is C56H103NO7P+. The highest BCUT2D eigenvalue weighted by atomic mass is 31.2. The SMILES string of the molecule is CC/C=C\C/C=C\C/C=C\C/C=C\C/C=C\CCCCCCCCCC(=O)OC(COCCCCCCCCCCCC/C=C\CCCCCCCC)COP(=O)(O)OCC[N+](C)(C)C. The number of hydrogen-bond donors (Lipinski definition) is 1. The Hall–Kier alpha value is -2.06. The molecule has 0 aromatic carbocycles. The van der Waals surface area contributed by atoms with E-state index in [2.05, 4.69) is 86.8 Å². The van der Waals surface area contributed by atoms with Crippen molar-refractivity contribution in [1.29, 1.82) is 0 Å². The Morgan fingerprint density at radius 3 is 1.35 bits per heavy atom. The number of nitrogens with zero attached hydrogens (tertiary/aromatic N) is 1. The third kappa shape index (κ3) is 52.8. The Morgan fingerprint density at radius 1 is 0.492 bits per heavy atom. The van der Waals surface area contributed by atoms with Gasteiger partial charge in [0.15, 0.2) is 0 Å². The first-order valence-corrected chi connectivity index (χ1v) is 28.2. The zero-order valence-corrected chi connectivity index (χ0v) is 43.9. The standard InChI is InChI=1S/C56H102NO7P/c1-6-8-10-12-14-16-18-20-22-24-26-28-29-30-31-33-35-37-39-41-43-45-47-49-56(58)64-55(54-63-65(59,60)62-52-50-57(3,4)5)53-61-51-48-46-44-42-40-38-36-34-32-27-25-23-21-19-17-15-13-11-9-7-2/h8,10,14,16,20-23,26,28,30-31,55H,6-7,9,11-13,15,17-19,24-25,27,29,32-54H2,1-5H3/p+1/b10-8-,16-14-,22-20-,23-21-,28-26-,31-30-.